The van der Waals surface area contributed by atoms with E-state index in [1.807, 2.05) is 0 Å². The van der Waals surface area contributed by atoms with Crippen molar-refractivity contribution < 1.29 is 29.7 Å². The Morgan fingerprint density at radius 3 is 1.67 bits per heavy atom. The van der Waals surface area contributed by atoms with E-state index < -0.39 is 17.9 Å². The summed E-state index contributed by atoms with van der Waals surface area (Å²) in [7, 11) is 0. The molecular formula is C9H16O6. The number of carbonyl (C=O) groups is 3. The molecule has 88 valence electrons. The molecule has 1 unspecified atom stereocenters. The molecule has 0 amide bonds. The fraction of sp³-hybridized carbons (Fsp3) is 0.667. The first-order valence-corrected chi connectivity index (χ1v) is 4.40. The molecule has 0 spiro atoms. The molecule has 0 aliphatic heterocycles. The normalized spacial score (nSPS) is 10.9. The van der Waals surface area contributed by atoms with E-state index >= 15 is 0 Å². The van der Waals surface area contributed by atoms with E-state index in [0.717, 1.165) is 0 Å². The number of rotatable bonds is 5. The van der Waals surface area contributed by atoms with Crippen molar-refractivity contribution in [3.63, 3.8) is 0 Å². The first kappa shape index (κ1) is 16.0. The van der Waals surface area contributed by atoms with Crippen molar-refractivity contribution >= 4 is 17.7 Å². The third-order valence-corrected chi connectivity index (χ3v) is 1.46. The number of carbonyl (C=O) groups excluding carboxylic acids is 1. The molecule has 0 fully saturated rings. The summed E-state index contributed by atoms with van der Waals surface area (Å²) >= 11 is 0. The van der Waals surface area contributed by atoms with Gasteiger partial charge in [0.25, 0.3) is 0 Å². The first-order valence-electron chi connectivity index (χ1n) is 4.40. The van der Waals surface area contributed by atoms with E-state index in [-0.39, 0.29) is 18.8 Å². The molecule has 0 aromatic heterocycles. The molecule has 0 bridgehead atoms. The zero-order valence-electron chi connectivity index (χ0n) is 8.77. The van der Waals surface area contributed by atoms with Crippen LogP contribution in [0, 0.1) is 5.92 Å². The molecule has 0 aromatic rings. The second kappa shape index (κ2) is 9.14. The molecule has 0 saturated heterocycles. The van der Waals surface area contributed by atoms with Gasteiger partial charge in [-0.3, -0.25) is 14.4 Å². The van der Waals surface area contributed by atoms with Crippen molar-refractivity contribution in [3.05, 3.63) is 0 Å². The summed E-state index contributed by atoms with van der Waals surface area (Å²) in [5, 5.41) is 24.4. The Labute approximate surface area is 87.5 Å². The van der Waals surface area contributed by atoms with Gasteiger partial charge >= 0.3 is 11.9 Å². The van der Waals surface area contributed by atoms with E-state index in [9.17, 15) is 14.4 Å². The number of carboxylic acid groups (broad SMARTS) is 2. The average Bonchev–Trinajstić information content (AvgIpc) is 2.03. The van der Waals surface area contributed by atoms with Crippen LogP contribution in [0.1, 0.15) is 26.7 Å². The van der Waals surface area contributed by atoms with Gasteiger partial charge in [0.05, 0.1) is 12.5 Å². The van der Waals surface area contributed by atoms with Crippen LogP contribution in [-0.4, -0.2) is 39.6 Å². The quantitative estimate of drug-likeness (QED) is 0.568. The summed E-state index contributed by atoms with van der Waals surface area (Å²) in [6, 6.07) is 0. The van der Waals surface area contributed by atoms with E-state index in [4.69, 9.17) is 15.3 Å². The van der Waals surface area contributed by atoms with Crippen LogP contribution in [0.15, 0.2) is 0 Å². The Bertz CT molecular complexity index is 207. The van der Waals surface area contributed by atoms with Gasteiger partial charge in [0.1, 0.15) is 12.2 Å². The maximum atomic E-state index is 10.0. The van der Waals surface area contributed by atoms with Gasteiger partial charge in [-0.15, -0.1) is 0 Å². The highest BCUT2D eigenvalue weighted by Crippen LogP contribution is 1.98. The van der Waals surface area contributed by atoms with E-state index in [1.165, 1.54) is 6.92 Å². The first-order chi connectivity index (χ1) is 6.84. The summed E-state index contributed by atoms with van der Waals surface area (Å²) in [6.07, 6.45) is 0.131. The third kappa shape index (κ3) is 12.6. The van der Waals surface area contributed by atoms with Crippen molar-refractivity contribution in [2.45, 2.75) is 26.7 Å². The Morgan fingerprint density at radius 1 is 1.20 bits per heavy atom. The van der Waals surface area contributed by atoms with Crippen LogP contribution < -0.4 is 0 Å². The third-order valence-electron chi connectivity index (χ3n) is 1.46. The summed E-state index contributed by atoms with van der Waals surface area (Å²) < 4.78 is 0. The number of aliphatic hydroxyl groups excluding tert-OH is 1. The number of aliphatic hydroxyl groups is 1. The number of hydrogen-bond acceptors (Lipinski definition) is 4. The standard InChI is InChI=1S/C5H10O3.C4H6O3/c1-2-4(3-6)5(7)8;1-3(5)2-4(6)7/h4,6H,2-3H2,1H3,(H,7,8);2H2,1H3,(H,6,7). The Morgan fingerprint density at radius 2 is 1.67 bits per heavy atom. The maximum Gasteiger partial charge on any atom is 0.310 e. The van der Waals surface area contributed by atoms with E-state index in [2.05, 4.69) is 0 Å². The summed E-state index contributed by atoms with van der Waals surface area (Å²) in [5.41, 5.74) is 0. The Balaban J connectivity index is 0. The van der Waals surface area contributed by atoms with Crippen LogP contribution in [0.25, 0.3) is 0 Å². The molecule has 6 heteroatoms. The smallest absolute Gasteiger partial charge is 0.310 e. The molecule has 1 atom stereocenters. The number of ketones is 1. The predicted octanol–water partition coefficient (Wildman–Crippen LogP) is 0.140. The molecule has 0 aliphatic carbocycles. The molecule has 0 rings (SSSR count). The van der Waals surface area contributed by atoms with Gasteiger partial charge in [0.2, 0.25) is 0 Å². The molecule has 0 aliphatic rings. The topological polar surface area (TPSA) is 112 Å². The van der Waals surface area contributed by atoms with Gasteiger partial charge < -0.3 is 15.3 Å². The number of hydrogen-bond donors (Lipinski definition) is 3. The molecule has 0 saturated carbocycles. The van der Waals surface area contributed by atoms with E-state index in [1.54, 1.807) is 6.92 Å². The molecule has 15 heavy (non-hydrogen) atoms. The molecule has 6 nitrogen and oxygen atoms in total. The van der Waals surface area contributed by atoms with Crippen LogP contribution in [0.4, 0.5) is 0 Å². The fourth-order valence-electron chi connectivity index (χ4n) is 0.595. The highest BCUT2D eigenvalue weighted by molar-refractivity contribution is 5.93. The fourth-order valence-corrected chi connectivity index (χ4v) is 0.595. The highest BCUT2D eigenvalue weighted by atomic mass is 16.4. The monoisotopic (exact) mass is 220 g/mol. The molecule has 0 radical (unpaired) electrons. The summed E-state index contributed by atoms with van der Waals surface area (Å²) in [5.74, 6) is -2.87. The number of Topliss-reactive ketones (excluding diaryl/α,β-unsaturated/α-hetero) is 1. The lowest BCUT2D eigenvalue weighted by Crippen LogP contribution is -2.16. The van der Waals surface area contributed by atoms with Gasteiger partial charge in [-0.1, -0.05) is 6.92 Å². The molecular weight excluding hydrogens is 204 g/mol. The Hall–Kier alpha value is -1.43. The highest BCUT2D eigenvalue weighted by Gasteiger charge is 2.11. The summed E-state index contributed by atoms with van der Waals surface area (Å²) in [6.45, 7) is 2.72. The average molecular weight is 220 g/mol. The van der Waals surface area contributed by atoms with Gasteiger partial charge in [0.15, 0.2) is 0 Å². The van der Waals surface area contributed by atoms with Crippen LogP contribution in [0.2, 0.25) is 0 Å². The molecule has 3 N–H and O–H groups in total. The van der Waals surface area contributed by atoms with Gasteiger partial charge in [-0.25, -0.2) is 0 Å². The number of carboxylic acids is 2. The maximum absolute atomic E-state index is 10.0. The Kier molecular flexibility index (Phi) is 9.76. The largest absolute Gasteiger partial charge is 0.481 e. The van der Waals surface area contributed by atoms with Gasteiger partial charge in [-0.05, 0) is 13.3 Å². The van der Waals surface area contributed by atoms with Crippen molar-refractivity contribution in [1.29, 1.82) is 0 Å². The zero-order valence-corrected chi connectivity index (χ0v) is 8.77. The lowest BCUT2D eigenvalue weighted by molar-refractivity contribution is -0.143. The second-order valence-corrected chi connectivity index (χ2v) is 2.90. The van der Waals surface area contributed by atoms with Crippen molar-refractivity contribution in [3.8, 4) is 0 Å². The predicted molar refractivity (Wildman–Crippen MR) is 51.4 cm³/mol. The van der Waals surface area contributed by atoms with Crippen molar-refractivity contribution in [2.24, 2.45) is 5.92 Å². The molecule has 0 aromatic carbocycles. The van der Waals surface area contributed by atoms with Gasteiger partial charge in [0, 0.05) is 0 Å². The SMILES string of the molecule is CC(=O)CC(=O)O.CCC(CO)C(=O)O. The van der Waals surface area contributed by atoms with Crippen LogP contribution in [0.3, 0.4) is 0 Å². The van der Waals surface area contributed by atoms with Crippen molar-refractivity contribution in [2.75, 3.05) is 6.61 Å². The van der Waals surface area contributed by atoms with E-state index in [0.29, 0.717) is 6.42 Å². The zero-order chi connectivity index (χ0) is 12.4. The minimum atomic E-state index is -1.06. The summed E-state index contributed by atoms with van der Waals surface area (Å²) in [4.78, 5) is 29.5. The molecule has 0 heterocycles. The van der Waals surface area contributed by atoms with Crippen molar-refractivity contribution in [1.82, 2.24) is 0 Å². The lowest BCUT2D eigenvalue weighted by atomic mass is 10.1. The second-order valence-electron chi connectivity index (χ2n) is 2.90. The number of aliphatic carboxylic acids is 2. The lowest BCUT2D eigenvalue weighted by Gasteiger charge is -2.01. The minimum Gasteiger partial charge on any atom is -0.481 e. The van der Waals surface area contributed by atoms with Gasteiger partial charge in [-0.2, -0.15) is 0 Å². The van der Waals surface area contributed by atoms with Crippen LogP contribution in [-0.2, 0) is 14.4 Å². The van der Waals surface area contributed by atoms with Crippen LogP contribution in [0.5, 0.6) is 0 Å². The minimum absolute atomic E-state index is 0.258. The van der Waals surface area contributed by atoms with Crippen LogP contribution >= 0.6 is 0 Å².